The van der Waals surface area contributed by atoms with Gasteiger partial charge in [0, 0.05) is 28.7 Å². The molecule has 0 radical (unpaired) electrons. The number of aromatic amines is 1. The minimum Gasteiger partial charge on any atom is -0.481 e. The molecule has 0 saturated carbocycles. The van der Waals surface area contributed by atoms with E-state index in [1.54, 1.807) is 0 Å². The highest BCUT2D eigenvalue weighted by atomic mass is 16.4. The summed E-state index contributed by atoms with van der Waals surface area (Å²) in [6, 6.07) is 16.3. The molecule has 0 saturated heterocycles. The number of nitrogens with one attached hydrogen (secondary N) is 1. The van der Waals surface area contributed by atoms with Crippen LogP contribution in [0, 0.1) is 0 Å². The van der Waals surface area contributed by atoms with Gasteiger partial charge in [-0.1, -0.05) is 62.9 Å². The Morgan fingerprint density at radius 2 is 1.94 bits per heavy atom. The van der Waals surface area contributed by atoms with Crippen molar-refractivity contribution < 1.29 is 9.90 Å². The summed E-state index contributed by atoms with van der Waals surface area (Å²) in [5, 5.41) is 25.0. The lowest BCUT2D eigenvalue weighted by Gasteiger charge is -2.19. The van der Waals surface area contributed by atoms with Gasteiger partial charge in [0.15, 0.2) is 0 Å². The van der Waals surface area contributed by atoms with Crippen LogP contribution in [0.2, 0.25) is 0 Å². The van der Waals surface area contributed by atoms with Crippen LogP contribution >= 0.6 is 0 Å². The van der Waals surface area contributed by atoms with Crippen LogP contribution in [0.3, 0.4) is 0 Å². The minimum absolute atomic E-state index is 0.0377. The summed E-state index contributed by atoms with van der Waals surface area (Å²) in [5.41, 5.74) is 4.06. The average molecular weight is 418 g/mol. The summed E-state index contributed by atoms with van der Waals surface area (Å²) in [4.78, 5) is 11.5. The molecular weight excluding hydrogens is 390 g/mol. The number of nitrogens with zero attached hydrogens (tertiary/aromatic N) is 4. The maximum Gasteiger partial charge on any atom is 0.305 e. The average Bonchev–Trinajstić information content (AvgIpc) is 3.45. The minimum atomic E-state index is -0.756. The molecule has 4 rings (SSSR count). The number of carbonyl (C=O) groups is 1. The lowest BCUT2D eigenvalue weighted by Crippen LogP contribution is -2.13. The van der Waals surface area contributed by atoms with Crippen molar-refractivity contribution in [3.8, 4) is 22.5 Å². The number of carboxylic acids is 1. The predicted molar refractivity (Wildman–Crippen MR) is 121 cm³/mol. The first kappa shape index (κ1) is 20.8. The Kier molecular flexibility index (Phi) is 6.40. The number of fused-ring (bicyclic) bond motifs is 1. The molecule has 0 spiro atoms. The van der Waals surface area contributed by atoms with Crippen LogP contribution in [0.15, 0.2) is 54.7 Å². The van der Waals surface area contributed by atoms with E-state index in [9.17, 15) is 9.90 Å². The van der Waals surface area contributed by atoms with E-state index in [0.717, 1.165) is 46.9 Å². The van der Waals surface area contributed by atoms with Crippen molar-refractivity contribution in [1.29, 1.82) is 0 Å². The maximum atomic E-state index is 11.5. The van der Waals surface area contributed by atoms with Gasteiger partial charge in [-0.05, 0) is 41.0 Å². The standard InChI is InChI=1S/C24H27N5O2/c1-2-3-4-5-8-19(16-23(30)31)29-14-13-18-15-17(11-12-22(18)29)20-9-6-7-10-21(20)24-25-27-28-26-24/h6-7,9-15,19H,2-5,8,16H2,1H3,(H,30,31)(H,25,26,27,28). The number of unbranched alkanes of at least 4 members (excludes halogenated alkanes) is 3. The van der Waals surface area contributed by atoms with Gasteiger partial charge in [0.25, 0.3) is 0 Å². The van der Waals surface area contributed by atoms with Crippen LogP contribution in [0.4, 0.5) is 0 Å². The molecule has 7 nitrogen and oxygen atoms in total. The maximum absolute atomic E-state index is 11.5. The molecular formula is C24H27N5O2. The summed E-state index contributed by atoms with van der Waals surface area (Å²) in [7, 11) is 0. The van der Waals surface area contributed by atoms with Gasteiger partial charge in [0.2, 0.25) is 5.82 Å². The third-order valence-electron chi connectivity index (χ3n) is 5.74. The van der Waals surface area contributed by atoms with Gasteiger partial charge in [0.05, 0.1) is 6.42 Å². The van der Waals surface area contributed by atoms with Crippen LogP contribution < -0.4 is 0 Å². The molecule has 160 valence electrons. The predicted octanol–water partition coefficient (Wildman–Crippen LogP) is 5.47. The van der Waals surface area contributed by atoms with Crippen LogP contribution in [0.25, 0.3) is 33.4 Å². The van der Waals surface area contributed by atoms with E-state index in [0.29, 0.717) is 5.82 Å². The molecule has 2 aromatic heterocycles. The fourth-order valence-corrected chi connectivity index (χ4v) is 4.20. The molecule has 0 bridgehead atoms. The number of hydrogen-bond donors (Lipinski definition) is 2. The zero-order chi connectivity index (χ0) is 21.6. The number of tetrazole rings is 1. The molecule has 31 heavy (non-hydrogen) atoms. The lowest BCUT2D eigenvalue weighted by atomic mass is 9.98. The molecule has 2 aromatic carbocycles. The first-order chi connectivity index (χ1) is 15.2. The van der Waals surface area contributed by atoms with Gasteiger partial charge in [-0.2, -0.15) is 5.21 Å². The van der Waals surface area contributed by atoms with Crippen LogP contribution in [0.1, 0.15) is 51.5 Å². The Labute approximate surface area is 181 Å². The lowest BCUT2D eigenvalue weighted by molar-refractivity contribution is -0.137. The molecule has 0 amide bonds. The van der Waals surface area contributed by atoms with Gasteiger partial charge >= 0.3 is 5.97 Å². The highest BCUT2D eigenvalue weighted by Crippen LogP contribution is 2.33. The van der Waals surface area contributed by atoms with Gasteiger partial charge in [-0.3, -0.25) is 4.79 Å². The monoisotopic (exact) mass is 417 g/mol. The van der Waals surface area contributed by atoms with Crippen molar-refractivity contribution in [2.75, 3.05) is 0 Å². The van der Waals surface area contributed by atoms with Crippen molar-refractivity contribution in [3.63, 3.8) is 0 Å². The number of hydrogen-bond acceptors (Lipinski definition) is 4. The van der Waals surface area contributed by atoms with Gasteiger partial charge < -0.3 is 9.67 Å². The molecule has 1 unspecified atom stereocenters. The van der Waals surface area contributed by atoms with Crippen LogP contribution in [0.5, 0.6) is 0 Å². The first-order valence-electron chi connectivity index (χ1n) is 10.8. The number of benzene rings is 2. The summed E-state index contributed by atoms with van der Waals surface area (Å²) in [6.45, 7) is 2.18. The molecule has 1 atom stereocenters. The Bertz CT molecular complexity index is 1150. The fraction of sp³-hybridized carbons (Fsp3) is 0.333. The van der Waals surface area contributed by atoms with Crippen molar-refractivity contribution in [1.82, 2.24) is 25.2 Å². The van der Waals surface area contributed by atoms with E-state index < -0.39 is 5.97 Å². The number of rotatable bonds is 10. The third kappa shape index (κ3) is 4.66. The summed E-state index contributed by atoms with van der Waals surface area (Å²) < 4.78 is 2.13. The van der Waals surface area contributed by atoms with E-state index in [-0.39, 0.29) is 12.5 Å². The number of H-pyrrole nitrogens is 1. The van der Waals surface area contributed by atoms with E-state index in [1.165, 1.54) is 12.8 Å². The van der Waals surface area contributed by atoms with Gasteiger partial charge in [-0.25, -0.2) is 0 Å². The highest BCUT2D eigenvalue weighted by Gasteiger charge is 2.18. The van der Waals surface area contributed by atoms with Crippen LogP contribution in [-0.4, -0.2) is 36.3 Å². The van der Waals surface area contributed by atoms with Crippen molar-refractivity contribution >= 4 is 16.9 Å². The Morgan fingerprint density at radius 1 is 1.10 bits per heavy atom. The van der Waals surface area contributed by atoms with Crippen molar-refractivity contribution in [3.05, 3.63) is 54.7 Å². The molecule has 2 N–H and O–H groups in total. The number of aliphatic carboxylic acids is 1. The Morgan fingerprint density at radius 3 is 2.68 bits per heavy atom. The molecule has 0 aliphatic heterocycles. The Hall–Kier alpha value is -3.48. The second-order valence-corrected chi connectivity index (χ2v) is 7.88. The quantitative estimate of drug-likeness (QED) is 0.333. The van der Waals surface area contributed by atoms with Crippen molar-refractivity contribution in [2.24, 2.45) is 0 Å². The van der Waals surface area contributed by atoms with E-state index in [4.69, 9.17) is 0 Å². The normalized spacial score (nSPS) is 12.3. The molecule has 4 aromatic rings. The number of aromatic nitrogens is 5. The summed E-state index contributed by atoms with van der Waals surface area (Å²) in [6.07, 6.45) is 7.58. The number of carboxylic acid groups (broad SMARTS) is 1. The van der Waals surface area contributed by atoms with E-state index in [2.05, 4.69) is 56.4 Å². The third-order valence-corrected chi connectivity index (χ3v) is 5.74. The topological polar surface area (TPSA) is 96.7 Å². The smallest absolute Gasteiger partial charge is 0.305 e. The zero-order valence-electron chi connectivity index (χ0n) is 17.7. The zero-order valence-corrected chi connectivity index (χ0v) is 17.7. The second-order valence-electron chi connectivity index (χ2n) is 7.88. The summed E-state index contributed by atoms with van der Waals surface area (Å²) >= 11 is 0. The van der Waals surface area contributed by atoms with Crippen LogP contribution in [-0.2, 0) is 4.79 Å². The Balaban J connectivity index is 1.66. The highest BCUT2D eigenvalue weighted by molar-refractivity contribution is 5.89. The fourth-order valence-electron chi connectivity index (χ4n) is 4.20. The van der Waals surface area contributed by atoms with Crippen molar-refractivity contribution in [2.45, 2.75) is 51.5 Å². The molecule has 7 heteroatoms. The van der Waals surface area contributed by atoms with Gasteiger partial charge in [0.1, 0.15) is 0 Å². The molecule has 0 fully saturated rings. The SMILES string of the molecule is CCCCCCC(CC(=O)O)n1ccc2cc(-c3ccccc3-c3nn[nH]n3)ccc21. The van der Waals surface area contributed by atoms with E-state index >= 15 is 0 Å². The largest absolute Gasteiger partial charge is 0.481 e. The molecule has 0 aliphatic carbocycles. The van der Waals surface area contributed by atoms with E-state index in [1.807, 2.05) is 30.5 Å². The first-order valence-corrected chi connectivity index (χ1v) is 10.8. The molecule has 0 aliphatic rings. The van der Waals surface area contributed by atoms with Gasteiger partial charge in [-0.15, -0.1) is 10.2 Å². The summed E-state index contributed by atoms with van der Waals surface area (Å²) in [5.74, 6) is -0.199. The molecule has 2 heterocycles. The second kappa shape index (κ2) is 9.55.